The van der Waals surface area contributed by atoms with Crippen LogP contribution in [-0.4, -0.2) is 16.5 Å². The molecule has 21 heavy (non-hydrogen) atoms. The van der Waals surface area contributed by atoms with E-state index in [-0.39, 0.29) is 11.0 Å². The molecule has 0 saturated heterocycles. The van der Waals surface area contributed by atoms with Crippen molar-refractivity contribution in [1.29, 1.82) is 0 Å². The zero-order valence-electron chi connectivity index (χ0n) is 10.8. The molecule has 0 spiro atoms. The minimum Gasteiger partial charge on any atom is -0.327 e. The lowest BCUT2D eigenvalue weighted by molar-refractivity contribution is -0.144. The third kappa shape index (κ3) is 3.60. The molecule has 0 saturated carbocycles. The van der Waals surface area contributed by atoms with Crippen LogP contribution in [0, 0.1) is 5.82 Å². The monoisotopic (exact) mass is 319 g/mol. The summed E-state index contributed by atoms with van der Waals surface area (Å²) in [6.45, 7) is 2.06. The van der Waals surface area contributed by atoms with Gasteiger partial charge in [-0.15, -0.1) is 0 Å². The van der Waals surface area contributed by atoms with E-state index in [1.807, 2.05) is 0 Å². The van der Waals surface area contributed by atoms with Gasteiger partial charge in [-0.25, -0.2) is 14.4 Å². The zero-order chi connectivity index (χ0) is 15.6. The molecular formula is C13H10ClF4N3. The number of alkyl halides is 3. The van der Waals surface area contributed by atoms with Gasteiger partial charge < -0.3 is 4.90 Å². The lowest BCUT2D eigenvalue weighted by atomic mass is 10.2. The van der Waals surface area contributed by atoms with Gasteiger partial charge in [0.05, 0.1) is 0 Å². The van der Waals surface area contributed by atoms with Crippen LogP contribution in [0.25, 0.3) is 0 Å². The van der Waals surface area contributed by atoms with E-state index in [1.54, 1.807) is 6.92 Å². The number of anilines is 2. The summed E-state index contributed by atoms with van der Waals surface area (Å²) in [5, 5.41) is -0.312. The molecule has 0 atom stereocenters. The molecule has 1 heterocycles. The van der Waals surface area contributed by atoms with Crippen molar-refractivity contribution in [2.45, 2.75) is 13.1 Å². The van der Waals surface area contributed by atoms with E-state index in [9.17, 15) is 17.6 Å². The van der Waals surface area contributed by atoms with Gasteiger partial charge in [-0.3, -0.25) is 0 Å². The van der Waals surface area contributed by atoms with E-state index in [4.69, 9.17) is 11.6 Å². The fraction of sp³-hybridized carbons (Fsp3) is 0.231. The average molecular weight is 320 g/mol. The molecule has 0 unspecified atom stereocenters. The molecule has 2 aromatic rings. The highest BCUT2D eigenvalue weighted by atomic mass is 35.5. The van der Waals surface area contributed by atoms with Crippen molar-refractivity contribution >= 4 is 23.1 Å². The number of nitrogens with zero attached hydrogens (tertiary/aromatic N) is 3. The maximum absolute atomic E-state index is 12.9. The van der Waals surface area contributed by atoms with Crippen LogP contribution >= 0.6 is 11.6 Å². The van der Waals surface area contributed by atoms with Crippen molar-refractivity contribution in [1.82, 2.24) is 9.97 Å². The Kier molecular flexibility index (Phi) is 4.32. The van der Waals surface area contributed by atoms with Crippen LogP contribution in [0.3, 0.4) is 0 Å². The fourth-order valence-electron chi connectivity index (χ4n) is 1.77. The highest BCUT2D eigenvalue weighted by Gasteiger charge is 2.35. The van der Waals surface area contributed by atoms with Gasteiger partial charge in [-0.1, -0.05) is 11.6 Å². The van der Waals surface area contributed by atoms with E-state index < -0.39 is 17.8 Å². The summed E-state index contributed by atoms with van der Waals surface area (Å²) < 4.78 is 51.1. The number of hydrogen-bond acceptors (Lipinski definition) is 3. The predicted molar refractivity (Wildman–Crippen MR) is 71.1 cm³/mol. The zero-order valence-corrected chi connectivity index (χ0v) is 11.6. The van der Waals surface area contributed by atoms with Crippen LogP contribution in [0.2, 0.25) is 5.15 Å². The minimum atomic E-state index is -4.69. The molecule has 2 rings (SSSR count). The van der Waals surface area contributed by atoms with Gasteiger partial charge >= 0.3 is 6.18 Å². The van der Waals surface area contributed by atoms with Crippen LogP contribution in [0.15, 0.2) is 30.3 Å². The second-order valence-electron chi connectivity index (χ2n) is 4.09. The molecule has 0 bridgehead atoms. The summed E-state index contributed by atoms with van der Waals surface area (Å²) in [7, 11) is 0. The predicted octanol–water partition coefficient (Wildman–Crippen LogP) is 4.45. The lowest BCUT2D eigenvalue weighted by Crippen LogP contribution is -2.20. The molecule has 0 aliphatic carbocycles. The standard InChI is InChI=1S/C13H10ClF4N3/c1-2-21(9-5-3-8(15)4-6-9)11-7-10(14)19-12(20-11)13(16,17)18/h3-7H,2H2,1H3. The van der Waals surface area contributed by atoms with Crippen molar-refractivity contribution in [2.24, 2.45) is 0 Å². The third-order valence-corrected chi connectivity index (χ3v) is 2.86. The van der Waals surface area contributed by atoms with Crippen molar-refractivity contribution in [3.63, 3.8) is 0 Å². The van der Waals surface area contributed by atoms with Gasteiger partial charge in [-0.05, 0) is 31.2 Å². The molecular weight excluding hydrogens is 310 g/mol. The second kappa shape index (κ2) is 5.85. The van der Waals surface area contributed by atoms with Crippen LogP contribution < -0.4 is 4.90 Å². The van der Waals surface area contributed by atoms with Gasteiger partial charge in [0, 0.05) is 18.3 Å². The van der Waals surface area contributed by atoms with Gasteiger partial charge in [0.25, 0.3) is 0 Å². The summed E-state index contributed by atoms with van der Waals surface area (Å²) in [5.41, 5.74) is 0.502. The Labute approximate surface area is 123 Å². The van der Waals surface area contributed by atoms with Crippen LogP contribution in [0.1, 0.15) is 12.7 Å². The summed E-state index contributed by atoms with van der Waals surface area (Å²) in [4.78, 5) is 8.13. The molecule has 0 aliphatic heterocycles. The Morgan fingerprint density at radius 1 is 1.14 bits per heavy atom. The Morgan fingerprint density at radius 2 is 1.76 bits per heavy atom. The van der Waals surface area contributed by atoms with Crippen molar-refractivity contribution in [3.05, 3.63) is 47.1 Å². The fourth-order valence-corrected chi connectivity index (χ4v) is 1.95. The first kappa shape index (κ1) is 15.5. The molecule has 0 radical (unpaired) electrons. The molecule has 0 aliphatic rings. The third-order valence-electron chi connectivity index (χ3n) is 2.67. The maximum Gasteiger partial charge on any atom is 0.451 e. The first-order valence-corrected chi connectivity index (χ1v) is 6.34. The molecule has 1 aromatic carbocycles. The topological polar surface area (TPSA) is 29.0 Å². The first-order chi connectivity index (χ1) is 9.81. The van der Waals surface area contributed by atoms with E-state index in [2.05, 4.69) is 9.97 Å². The maximum atomic E-state index is 12.9. The largest absolute Gasteiger partial charge is 0.451 e. The van der Waals surface area contributed by atoms with Crippen LogP contribution in [0.4, 0.5) is 29.1 Å². The Morgan fingerprint density at radius 3 is 2.29 bits per heavy atom. The SMILES string of the molecule is CCN(c1ccc(F)cc1)c1cc(Cl)nc(C(F)(F)F)n1. The molecule has 0 N–H and O–H groups in total. The highest BCUT2D eigenvalue weighted by molar-refractivity contribution is 6.29. The second-order valence-corrected chi connectivity index (χ2v) is 4.48. The van der Waals surface area contributed by atoms with E-state index in [0.717, 1.165) is 0 Å². The van der Waals surface area contributed by atoms with Gasteiger partial charge in [-0.2, -0.15) is 13.2 Å². The number of benzene rings is 1. The quantitative estimate of drug-likeness (QED) is 0.618. The Bertz CT molecular complexity index is 628. The van der Waals surface area contributed by atoms with Gasteiger partial charge in [0.2, 0.25) is 5.82 Å². The van der Waals surface area contributed by atoms with E-state index in [1.165, 1.54) is 35.2 Å². The van der Waals surface area contributed by atoms with Crippen molar-refractivity contribution in [2.75, 3.05) is 11.4 Å². The van der Waals surface area contributed by atoms with E-state index in [0.29, 0.717) is 12.2 Å². The molecule has 8 heteroatoms. The molecule has 112 valence electrons. The van der Waals surface area contributed by atoms with Crippen molar-refractivity contribution in [3.8, 4) is 0 Å². The smallest absolute Gasteiger partial charge is 0.327 e. The number of rotatable bonds is 3. The first-order valence-electron chi connectivity index (χ1n) is 5.96. The van der Waals surface area contributed by atoms with E-state index >= 15 is 0 Å². The van der Waals surface area contributed by atoms with Crippen LogP contribution in [-0.2, 0) is 6.18 Å². The molecule has 1 aromatic heterocycles. The summed E-state index contributed by atoms with van der Waals surface area (Å²) in [5.74, 6) is -1.76. The minimum absolute atomic E-state index is 0.00330. The number of hydrogen-bond donors (Lipinski definition) is 0. The van der Waals surface area contributed by atoms with Crippen molar-refractivity contribution < 1.29 is 17.6 Å². The highest BCUT2D eigenvalue weighted by Crippen LogP contribution is 2.31. The van der Waals surface area contributed by atoms with Gasteiger partial charge in [0.1, 0.15) is 16.8 Å². The van der Waals surface area contributed by atoms with Crippen LogP contribution in [0.5, 0.6) is 0 Å². The number of aromatic nitrogens is 2. The summed E-state index contributed by atoms with van der Waals surface area (Å²) in [6, 6.07) is 6.55. The Hall–Kier alpha value is -1.89. The lowest BCUT2D eigenvalue weighted by Gasteiger charge is -2.22. The number of halogens is 5. The molecule has 0 amide bonds. The van der Waals surface area contributed by atoms with Gasteiger partial charge in [0.15, 0.2) is 0 Å². The average Bonchev–Trinajstić information content (AvgIpc) is 2.40. The summed E-state index contributed by atoms with van der Waals surface area (Å²) >= 11 is 5.63. The normalized spacial score (nSPS) is 11.5. The molecule has 0 fully saturated rings. The molecule has 3 nitrogen and oxygen atoms in total. The summed E-state index contributed by atoms with van der Waals surface area (Å²) in [6.07, 6.45) is -4.69. The Balaban J connectivity index is 2.47.